The zero-order valence-corrected chi connectivity index (χ0v) is 15.3. The van der Waals surface area contributed by atoms with E-state index in [9.17, 15) is 9.59 Å². The van der Waals surface area contributed by atoms with Gasteiger partial charge in [0.25, 0.3) is 0 Å². The van der Waals surface area contributed by atoms with Crippen LogP contribution in [0.4, 0.5) is 4.79 Å². The van der Waals surface area contributed by atoms with E-state index >= 15 is 0 Å². The van der Waals surface area contributed by atoms with Gasteiger partial charge in [-0.25, -0.2) is 4.79 Å². The number of nitrogens with one attached hydrogen (secondary N) is 2. The molecule has 0 bridgehead atoms. The maximum atomic E-state index is 11.6. The Morgan fingerprint density at radius 3 is 2.60 bits per heavy atom. The van der Waals surface area contributed by atoms with Crippen molar-refractivity contribution in [2.24, 2.45) is 5.92 Å². The van der Waals surface area contributed by atoms with Crippen molar-refractivity contribution in [3.8, 4) is 0 Å². The highest BCUT2D eigenvalue weighted by Gasteiger charge is 2.06. The monoisotopic (exact) mass is 350 g/mol. The number of unbranched alkanes of at least 4 members (excludes halogenated alkanes) is 1. The van der Waals surface area contributed by atoms with Gasteiger partial charge < -0.3 is 20.1 Å². The summed E-state index contributed by atoms with van der Waals surface area (Å²) in [6.45, 7) is 6.29. The van der Waals surface area contributed by atoms with E-state index in [2.05, 4.69) is 17.6 Å². The molecule has 0 spiro atoms. The fraction of sp³-hybridized carbons (Fsp3) is 0.579. The van der Waals surface area contributed by atoms with Gasteiger partial charge in [0, 0.05) is 6.54 Å². The van der Waals surface area contributed by atoms with E-state index in [1.54, 1.807) is 6.92 Å². The Morgan fingerprint density at radius 1 is 1.12 bits per heavy atom. The van der Waals surface area contributed by atoms with Crippen LogP contribution in [0, 0.1) is 5.92 Å². The Bertz CT molecular complexity index is 493. The SMILES string of the molecule is CCOC(=O)CNC[C@@H](C)CCCCNC(=O)OCc1ccccc1. The van der Waals surface area contributed by atoms with E-state index in [1.807, 2.05) is 30.3 Å². The zero-order valence-electron chi connectivity index (χ0n) is 15.3. The fourth-order valence-corrected chi connectivity index (χ4v) is 2.32. The molecule has 1 atom stereocenters. The first-order valence-corrected chi connectivity index (χ1v) is 8.92. The van der Waals surface area contributed by atoms with Gasteiger partial charge in [0.2, 0.25) is 0 Å². The molecule has 25 heavy (non-hydrogen) atoms. The summed E-state index contributed by atoms with van der Waals surface area (Å²) in [7, 11) is 0. The zero-order chi connectivity index (χ0) is 18.3. The van der Waals surface area contributed by atoms with Gasteiger partial charge in [-0.15, -0.1) is 0 Å². The predicted molar refractivity (Wildman–Crippen MR) is 97.1 cm³/mol. The van der Waals surface area contributed by atoms with Crippen LogP contribution in [-0.2, 0) is 20.9 Å². The molecule has 140 valence electrons. The highest BCUT2D eigenvalue weighted by molar-refractivity contribution is 5.71. The van der Waals surface area contributed by atoms with Crippen molar-refractivity contribution >= 4 is 12.1 Å². The molecule has 0 aliphatic heterocycles. The van der Waals surface area contributed by atoms with Gasteiger partial charge in [-0.3, -0.25) is 4.79 Å². The first-order chi connectivity index (χ1) is 12.1. The molecule has 1 aromatic rings. The second-order valence-corrected chi connectivity index (χ2v) is 6.03. The lowest BCUT2D eigenvalue weighted by Crippen LogP contribution is -2.29. The van der Waals surface area contributed by atoms with Crippen LogP contribution in [-0.4, -0.2) is 38.3 Å². The maximum Gasteiger partial charge on any atom is 0.407 e. The topological polar surface area (TPSA) is 76.7 Å². The number of hydrogen-bond acceptors (Lipinski definition) is 5. The second-order valence-electron chi connectivity index (χ2n) is 6.03. The number of carbonyl (C=O) groups excluding carboxylic acids is 2. The second kappa shape index (κ2) is 13.2. The van der Waals surface area contributed by atoms with Crippen molar-refractivity contribution < 1.29 is 19.1 Å². The number of rotatable bonds is 12. The molecule has 6 heteroatoms. The van der Waals surface area contributed by atoms with E-state index in [0.717, 1.165) is 31.4 Å². The number of benzene rings is 1. The molecule has 1 rings (SSSR count). The summed E-state index contributed by atoms with van der Waals surface area (Å²) >= 11 is 0. The van der Waals surface area contributed by atoms with E-state index < -0.39 is 0 Å². The number of ether oxygens (including phenoxy) is 2. The average Bonchev–Trinajstić information content (AvgIpc) is 2.61. The number of hydrogen-bond donors (Lipinski definition) is 2. The molecule has 0 unspecified atom stereocenters. The summed E-state index contributed by atoms with van der Waals surface area (Å²) in [6.07, 6.45) is 2.58. The van der Waals surface area contributed by atoms with Crippen molar-refractivity contribution in [3.63, 3.8) is 0 Å². The quantitative estimate of drug-likeness (QED) is 0.448. The van der Waals surface area contributed by atoms with E-state index in [-0.39, 0.29) is 25.2 Å². The molecular weight excluding hydrogens is 320 g/mol. The molecule has 0 aromatic heterocycles. The van der Waals surface area contributed by atoms with Crippen LogP contribution in [0.1, 0.15) is 38.7 Å². The maximum absolute atomic E-state index is 11.6. The fourth-order valence-electron chi connectivity index (χ4n) is 2.32. The van der Waals surface area contributed by atoms with Gasteiger partial charge >= 0.3 is 12.1 Å². The van der Waals surface area contributed by atoms with E-state index in [4.69, 9.17) is 9.47 Å². The first kappa shape index (κ1) is 21.0. The summed E-state index contributed by atoms with van der Waals surface area (Å²) in [6, 6.07) is 9.60. The molecule has 0 aliphatic carbocycles. The number of esters is 1. The van der Waals surface area contributed by atoms with Gasteiger partial charge in [-0.2, -0.15) is 0 Å². The van der Waals surface area contributed by atoms with Gasteiger partial charge in [0.15, 0.2) is 0 Å². The molecule has 1 amide bonds. The summed E-state index contributed by atoms with van der Waals surface area (Å²) in [5.74, 6) is 0.257. The molecule has 6 nitrogen and oxygen atoms in total. The molecule has 2 N–H and O–H groups in total. The molecule has 0 aliphatic rings. The Hall–Kier alpha value is -2.08. The minimum atomic E-state index is -0.381. The van der Waals surface area contributed by atoms with Gasteiger partial charge in [-0.1, -0.05) is 43.7 Å². The largest absolute Gasteiger partial charge is 0.465 e. The molecular formula is C19H30N2O4. The summed E-state index contributed by atoms with van der Waals surface area (Å²) in [5.41, 5.74) is 0.974. The normalized spacial score (nSPS) is 11.6. The molecule has 0 fully saturated rings. The van der Waals surface area contributed by atoms with Crippen molar-refractivity contribution in [1.82, 2.24) is 10.6 Å². The van der Waals surface area contributed by atoms with Gasteiger partial charge in [-0.05, 0) is 37.8 Å². The minimum Gasteiger partial charge on any atom is -0.465 e. The minimum absolute atomic E-state index is 0.215. The summed E-state index contributed by atoms with van der Waals surface area (Å²) < 4.78 is 10.0. The lowest BCUT2D eigenvalue weighted by Gasteiger charge is -2.12. The van der Waals surface area contributed by atoms with Crippen molar-refractivity contribution in [2.75, 3.05) is 26.2 Å². The summed E-state index contributed by atoms with van der Waals surface area (Å²) in [5, 5.41) is 5.86. The van der Waals surface area contributed by atoms with Crippen LogP contribution in [0.15, 0.2) is 30.3 Å². The first-order valence-electron chi connectivity index (χ1n) is 8.92. The Kier molecular flexibility index (Phi) is 11.1. The van der Waals surface area contributed by atoms with Gasteiger partial charge in [0.1, 0.15) is 6.61 Å². The third kappa shape index (κ3) is 11.2. The summed E-state index contributed by atoms with van der Waals surface area (Å²) in [4.78, 5) is 22.8. The molecule has 0 saturated carbocycles. The van der Waals surface area contributed by atoms with Crippen LogP contribution >= 0.6 is 0 Å². The Morgan fingerprint density at radius 2 is 1.88 bits per heavy atom. The number of carbonyl (C=O) groups is 2. The Balaban J connectivity index is 1.96. The van der Waals surface area contributed by atoms with Crippen LogP contribution < -0.4 is 10.6 Å². The Labute approximate surface area is 150 Å². The third-order valence-electron chi connectivity index (χ3n) is 3.67. The third-order valence-corrected chi connectivity index (χ3v) is 3.67. The average molecular weight is 350 g/mol. The van der Waals surface area contributed by atoms with Crippen LogP contribution in [0.25, 0.3) is 0 Å². The van der Waals surface area contributed by atoms with Gasteiger partial charge in [0.05, 0.1) is 13.2 Å². The molecule has 0 saturated heterocycles. The van der Waals surface area contributed by atoms with Crippen LogP contribution in [0.3, 0.4) is 0 Å². The van der Waals surface area contributed by atoms with E-state index in [0.29, 0.717) is 19.1 Å². The lowest BCUT2D eigenvalue weighted by atomic mass is 10.0. The van der Waals surface area contributed by atoms with Crippen LogP contribution in [0.5, 0.6) is 0 Å². The number of alkyl carbamates (subject to hydrolysis) is 1. The van der Waals surface area contributed by atoms with Crippen molar-refractivity contribution in [3.05, 3.63) is 35.9 Å². The van der Waals surface area contributed by atoms with Crippen molar-refractivity contribution in [1.29, 1.82) is 0 Å². The smallest absolute Gasteiger partial charge is 0.407 e. The molecule has 0 heterocycles. The predicted octanol–water partition coefficient (Wildman–Crippen LogP) is 2.87. The highest BCUT2D eigenvalue weighted by Crippen LogP contribution is 2.06. The van der Waals surface area contributed by atoms with Crippen LogP contribution in [0.2, 0.25) is 0 Å². The molecule has 1 aromatic carbocycles. The van der Waals surface area contributed by atoms with E-state index in [1.165, 1.54) is 0 Å². The lowest BCUT2D eigenvalue weighted by molar-refractivity contribution is -0.142. The standard InChI is InChI=1S/C19H30N2O4/c1-3-24-18(22)14-20-13-16(2)9-7-8-12-21-19(23)25-15-17-10-5-4-6-11-17/h4-6,10-11,16,20H,3,7-9,12-15H2,1-2H3,(H,21,23)/t16-/m0/s1. The number of amides is 1. The molecule has 0 radical (unpaired) electrons. The highest BCUT2D eigenvalue weighted by atomic mass is 16.5. The van der Waals surface area contributed by atoms with Crippen molar-refractivity contribution in [2.45, 2.75) is 39.7 Å².